The van der Waals surface area contributed by atoms with Crippen LogP contribution in [0.25, 0.3) is 0 Å². The lowest BCUT2D eigenvalue weighted by molar-refractivity contribution is -0.275. The van der Waals surface area contributed by atoms with Crippen LogP contribution in [0.5, 0.6) is 11.5 Å². The predicted octanol–water partition coefficient (Wildman–Crippen LogP) is 1.97. The molecule has 0 aliphatic rings. The van der Waals surface area contributed by atoms with Gasteiger partial charge in [-0.2, -0.15) is 0 Å². The molecule has 1 aromatic heterocycles. The Morgan fingerprint density at radius 3 is 2.56 bits per heavy atom. The molecule has 4 nitrogen and oxygen atoms in total. The Morgan fingerprint density at radius 2 is 2.12 bits per heavy atom. The number of carbonyl (C=O) groups excluding carboxylic acids is 1. The number of rotatable bonds is 3. The van der Waals surface area contributed by atoms with Crippen LogP contribution in [0.2, 0.25) is 0 Å². The molecule has 1 heterocycles. The van der Waals surface area contributed by atoms with Crippen molar-refractivity contribution in [1.29, 1.82) is 0 Å². The smallest absolute Gasteiger partial charge is 0.503 e. The van der Waals surface area contributed by atoms with E-state index in [4.69, 9.17) is 5.11 Å². The lowest BCUT2D eigenvalue weighted by Crippen LogP contribution is -2.17. The summed E-state index contributed by atoms with van der Waals surface area (Å²) in [6.07, 6.45) is -4.94. The number of halogens is 4. The first kappa shape index (κ1) is 12.2. The number of hydrogen-bond acceptors (Lipinski definition) is 4. The summed E-state index contributed by atoms with van der Waals surface area (Å²) < 4.78 is 51.2. The molecule has 0 amide bonds. The molecule has 0 radical (unpaired) electrons. The molecule has 1 aromatic rings. The fraction of sp³-hybridized carbons (Fsp3) is 0.250. The summed E-state index contributed by atoms with van der Waals surface area (Å²) in [7, 11) is 0. The van der Waals surface area contributed by atoms with Crippen molar-refractivity contribution in [2.45, 2.75) is 13.0 Å². The van der Waals surface area contributed by atoms with Crippen molar-refractivity contribution in [1.82, 2.24) is 4.98 Å². The molecule has 0 aromatic carbocycles. The van der Waals surface area contributed by atoms with Gasteiger partial charge in [0.05, 0.1) is 0 Å². The highest BCUT2D eigenvalue weighted by molar-refractivity contribution is 5.73. The Bertz CT molecular complexity index is 405. The van der Waals surface area contributed by atoms with Crippen molar-refractivity contribution in [3.63, 3.8) is 0 Å². The summed E-state index contributed by atoms with van der Waals surface area (Å²) >= 11 is 0. The van der Waals surface area contributed by atoms with Crippen molar-refractivity contribution in [2.24, 2.45) is 0 Å². The van der Waals surface area contributed by atoms with E-state index < -0.39 is 35.9 Å². The highest BCUT2D eigenvalue weighted by Crippen LogP contribution is 2.34. The molecule has 1 N–H and O–H groups in total. The van der Waals surface area contributed by atoms with Gasteiger partial charge in [0.2, 0.25) is 0 Å². The molecule has 16 heavy (non-hydrogen) atoms. The maximum Gasteiger partial charge on any atom is 0.573 e. The number of pyridine rings is 1. The van der Waals surface area contributed by atoms with Gasteiger partial charge in [-0.25, -0.2) is 9.37 Å². The number of hydrogen-bond donors (Lipinski definition) is 1. The van der Waals surface area contributed by atoms with Crippen molar-refractivity contribution >= 4 is 6.29 Å². The van der Waals surface area contributed by atoms with Gasteiger partial charge in [0.1, 0.15) is 18.1 Å². The third-order valence-electron chi connectivity index (χ3n) is 1.52. The number of nitrogens with zero attached hydrogens (tertiary/aromatic N) is 1. The molecule has 0 aliphatic carbocycles. The van der Waals surface area contributed by atoms with Gasteiger partial charge in [0, 0.05) is 6.07 Å². The number of carbonyl (C=O) groups is 1. The lowest BCUT2D eigenvalue weighted by atomic mass is 10.2. The molecule has 88 valence electrons. The van der Waals surface area contributed by atoms with Gasteiger partial charge in [-0.05, 0) is 0 Å². The Kier molecular flexibility index (Phi) is 3.31. The number of aromatic nitrogens is 1. The molecular formula is C8H5F4NO3. The van der Waals surface area contributed by atoms with Crippen LogP contribution in [0.1, 0.15) is 16.2 Å². The first-order valence-corrected chi connectivity index (χ1v) is 3.87. The first-order chi connectivity index (χ1) is 7.37. The monoisotopic (exact) mass is 239 g/mol. The highest BCUT2D eigenvalue weighted by atomic mass is 19.4. The number of aromatic hydroxyl groups is 1. The third kappa shape index (κ3) is 2.81. The molecule has 1 rings (SSSR count). The van der Waals surface area contributed by atoms with Crippen molar-refractivity contribution in [3.05, 3.63) is 17.5 Å². The van der Waals surface area contributed by atoms with Crippen LogP contribution in [-0.2, 0) is 6.67 Å². The zero-order valence-corrected chi connectivity index (χ0v) is 7.58. The normalized spacial score (nSPS) is 11.2. The SMILES string of the molecule is O=Cc1cc(OC(F)(F)F)c(O)c(CF)n1. The fourth-order valence-electron chi connectivity index (χ4n) is 0.942. The average molecular weight is 239 g/mol. The van der Waals surface area contributed by atoms with Crippen LogP contribution in [0.4, 0.5) is 17.6 Å². The van der Waals surface area contributed by atoms with E-state index in [9.17, 15) is 22.4 Å². The Labute approximate surface area is 86.5 Å². The number of alkyl halides is 4. The molecule has 8 heteroatoms. The molecule has 0 unspecified atom stereocenters. The van der Waals surface area contributed by atoms with E-state index in [2.05, 4.69) is 9.72 Å². The molecule has 0 bridgehead atoms. The minimum atomic E-state index is -5.05. The largest absolute Gasteiger partial charge is 0.573 e. The minimum absolute atomic E-state index is 0.113. The third-order valence-corrected chi connectivity index (χ3v) is 1.52. The van der Waals surface area contributed by atoms with E-state index in [1.165, 1.54) is 0 Å². The van der Waals surface area contributed by atoms with Crippen molar-refractivity contribution in [2.75, 3.05) is 0 Å². The van der Waals surface area contributed by atoms with E-state index in [-0.39, 0.29) is 6.29 Å². The van der Waals surface area contributed by atoms with Gasteiger partial charge in [-0.1, -0.05) is 0 Å². The van der Waals surface area contributed by atoms with Crippen molar-refractivity contribution < 1.29 is 32.2 Å². The van der Waals surface area contributed by atoms with Crippen LogP contribution >= 0.6 is 0 Å². The van der Waals surface area contributed by atoms with Crippen molar-refractivity contribution in [3.8, 4) is 11.5 Å². The van der Waals surface area contributed by atoms with Crippen LogP contribution in [-0.4, -0.2) is 22.7 Å². The van der Waals surface area contributed by atoms with E-state index in [0.29, 0.717) is 6.07 Å². The summed E-state index contributed by atoms with van der Waals surface area (Å²) in [5.41, 5.74) is -1.16. The second-order valence-electron chi connectivity index (χ2n) is 2.64. The second kappa shape index (κ2) is 4.33. The first-order valence-electron chi connectivity index (χ1n) is 3.87. The number of ether oxygens (including phenoxy) is 1. The van der Waals surface area contributed by atoms with Gasteiger partial charge < -0.3 is 9.84 Å². The van der Waals surface area contributed by atoms with Gasteiger partial charge in [-0.15, -0.1) is 13.2 Å². The Hall–Kier alpha value is -1.86. The zero-order chi connectivity index (χ0) is 12.3. The highest BCUT2D eigenvalue weighted by Gasteiger charge is 2.33. The predicted molar refractivity (Wildman–Crippen MR) is 42.8 cm³/mol. The Morgan fingerprint density at radius 1 is 1.50 bits per heavy atom. The molecule has 0 saturated heterocycles. The zero-order valence-electron chi connectivity index (χ0n) is 7.58. The van der Waals surface area contributed by atoms with Gasteiger partial charge in [-0.3, -0.25) is 4.79 Å². The van der Waals surface area contributed by atoms with Gasteiger partial charge in [0.15, 0.2) is 17.8 Å². The molecule has 0 saturated carbocycles. The molecule has 0 aliphatic heterocycles. The topological polar surface area (TPSA) is 59.4 Å². The van der Waals surface area contributed by atoms with Crippen LogP contribution in [0.15, 0.2) is 6.07 Å². The van der Waals surface area contributed by atoms with E-state index >= 15 is 0 Å². The molecule has 0 spiro atoms. The summed E-state index contributed by atoms with van der Waals surface area (Å²) in [5.74, 6) is -2.14. The number of aldehydes is 1. The standard InChI is InChI=1S/C8H5F4NO3/c9-2-5-7(15)6(16-8(10,11)12)1-4(3-14)13-5/h1,3,15H,2H2. The van der Waals surface area contributed by atoms with Crippen LogP contribution in [0.3, 0.4) is 0 Å². The summed E-state index contributed by atoms with van der Waals surface area (Å²) in [5, 5.41) is 9.13. The summed E-state index contributed by atoms with van der Waals surface area (Å²) in [4.78, 5) is 13.6. The van der Waals surface area contributed by atoms with E-state index in [1.54, 1.807) is 0 Å². The maximum absolute atomic E-state index is 12.2. The summed E-state index contributed by atoms with van der Waals surface area (Å²) in [6, 6.07) is 0.564. The second-order valence-corrected chi connectivity index (χ2v) is 2.64. The van der Waals surface area contributed by atoms with Gasteiger partial charge in [0.25, 0.3) is 0 Å². The minimum Gasteiger partial charge on any atom is -0.503 e. The van der Waals surface area contributed by atoms with E-state index in [0.717, 1.165) is 0 Å². The lowest BCUT2D eigenvalue weighted by Gasteiger charge is -2.11. The average Bonchev–Trinajstić information content (AvgIpc) is 2.19. The quantitative estimate of drug-likeness (QED) is 0.647. The van der Waals surface area contributed by atoms with Crippen LogP contribution < -0.4 is 4.74 Å². The van der Waals surface area contributed by atoms with E-state index in [1.807, 2.05) is 0 Å². The molecule has 0 atom stereocenters. The maximum atomic E-state index is 12.2. The fourth-order valence-corrected chi connectivity index (χ4v) is 0.942. The summed E-state index contributed by atoms with van der Waals surface area (Å²) in [6.45, 7) is -1.32. The van der Waals surface area contributed by atoms with Gasteiger partial charge >= 0.3 is 6.36 Å². The van der Waals surface area contributed by atoms with Crippen LogP contribution in [0, 0.1) is 0 Å². The molecule has 0 fully saturated rings. The molecular weight excluding hydrogens is 234 g/mol. The Balaban J connectivity index is 3.21.